The van der Waals surface area contributed by atoms with E-state index in [1.54, 1.807) is 0 Å². The maximum absolute atomic E-state index is 9.82. The molecule has 150 valence electrons. The molecule has 1 heteroatoms. The molecule has 1 N–H and O–H groups in total. The molecule has 4 saturated carbocycles. The van der Waals surface area contributed by atoms with Crippen LogP contribution in [0.25, 0.3) is 0 Å². The molecule has 27 heavy (non-hydrogen) atoms. The lowest BCUT2D eigenvalue weighted by atomic mass is 9.37. The lowest BCUT2D eigenvalue weighted by Gasteiger charge is -2.67. The molecule has 1 nitrogen and oxygen atoms in total. The quantitative estimate of drug-likeness (QED) is 0.534. The predicted molar refractivity (Wildman–Crippen MR) is 114 cm³/mol. The summed E-state index contributed by atoms with van der Waals surface area (Å²) < 4.78 is 0. The first-order valence-corrected chi connectivity index (χ1v) is 11.7. The number of aliphatic hydroxyl groups excluding tert-OH is 1. The fourth-order valence-corrected chi connectivity index (χ4v) is 8.59. The number of hydrogen-bond donors (Lipinski definition) is 1. The molecule has 4 fully saturated rings. The second-order valence-electron chi connectivity index (χ2n) is 10.5. The largest absolute Gasteiger partial charge is 0.396 e. The third-order valence-corrected chi connectivity index (χ3v) is 9.34. The van der Waals surface area contributed by atoms with Crippen molar-refractivity contribution in [3.63, 3.8) is 0 Å². The smallest absolute Gasteiger partial charge is 0.0431 e. The van der Waals surface area contributed by atoms with Crippen molar-refractivity contribution in [2.45, 2.75) is 84.5 Å². The summed E-state index contributed by atoms with van der Waals surface area (Å²) in [4.78, 5) is 0. The lowest BCUT2D eigenvalue weighted by molar-refractivity contribution is -0.167. The van der Waals surface area contributed by atoms with Crippen molar-refractivity contribution < 1.29 is 5.11 Å². The van der Waals surface area contributed by atoms with Crippen LogP contribution in [0.3, 0.4) is 0 Å². The first-order valence-electron chi connectivity index (χ1n) is 11.7. The van der Waals surface area contributed by atoms with Crippen molar-refractivity contribution in [1.29, 1.82) is 0 Å². The molecule has 3 unspecified atom stereocenters. The second-order valence-corrected chi connectivity index (χ2v) is 10.5. The highest BCUT2D eigenvalue weighted by molar-refractivity contribution is 5.25. The van der Waals surface area contributed by atoms with Gasteiger partial charge in [0.2, 0.25) is 0 Å². The van der Waals surface area contributed by atoms with Crippen LogP contribution in [-0.4, -0.2) is 11.7 Å². The molecule has 0 radical (unpaired) electrons. The highest BCUT2D eigenvalue weighted by Gasteiger charge is 2.62. The first kappa shape index (κ1) is 19.5. The molecular weight excluding hydrogens is 328 g/mol. The number of benzene rings is 1. The zero-order chi connectivity index (χ0) is 19.1. The van der Waals surface area contributed by atoms with Crippen LogP contribution in [0.1, 0.15) is 90.0 Å². The maximum Gasteiger partial charge on any atom is 0.0431 e. The van der Waals surface area contributed by atoms with Gasteiger partial charge < -0.3 is 5.11 Å². The number of hydrogen-bond acceptors (Lipinski definition) is 1. The molecule has 1 aromatic carbocycles. The molecular formula is C26H40O. The Hall–Kier alpha value is -0.820. The van der Waals surface area contributed by atoms with Gasteiger partial charge in [-0.2, -0.15) is 0 Å². The van der Waals surface area contributed by atoms with Gasteiger partial charge in [-0.05, 0) is 97.3 Å². The number of aliphatic hydroxyl groups is 1. The van der Waals surface area contributed by atoms with Gasteiger partial charge in [-0.1, -0.05) is 57.5 Å². The van der Waals surface area contributed by atoms with Crippen LogP contribution >= 0.6 is 0 Å². The molecule has 3 atom stereocenters. The molecule has 0 aromatic heterocycles. The van der Waals surface area contributed by atoms with Gasteiger partial charge in [0.05, 0.1) is 0 Å². The van der Waals surface area contributed by atoms with Crippen molar-refractivity contribution >= 4 is 0 Å². The summed E-state index contributed by atoms with van der Waals surface area (Å²) >= 11 is 0. The minimum absolute atomic E-state index is 0.321. The Kier molecular flexibility index (Phi) is 5.45. The van der Waals surface area contributed by atoms with Crippen LogP contribution in [0, 0.1) is 34.5 Å². The lowest BCUT2D eigenvalue weighted by Crippen LogP contribution is -2.58. The van der Waals surface area contributed by atoms with E-state index in [9.17, 15) is 5.11 Å². The van der Waals surface area contributed by atoms with Crippen molar-refractivity contribution in [2.24, 2.45) is 34.5 Å². The van der Waals surface area contributed by atoms with Crippen LogP contribution in [0.4, 0.5) is 0 Å². The van der Waals surface area contributed by atoms with Gasteiger partial charge in [0.15, 0.2) is 0 Å². The molecule has 4 aliphatic carbocycles. The predicted octanol–water partition coefficient (Wildman–Crippen LogP) is 6.81. The van der Waals surface area contributed by atoms with E-state index in [-0.39, 0.29) is 0 Å². The summed E-state index contributed by atoms with van der Waals surface area (Å²) in [5, 5.41) is 9.82. The Morgan fingerprint density at radius 3 is 2.04 bits per heavy atom. The first-order chi connectivity index (χ1) is 13.0. The molecule has 0 amide bonds. The van der Waals surface area contributed by atoms with Gasteiger partial charge in [-0.3, -0.25) is 0 Å². The number of rotatable bonds is 8. The summed E-state index contributed by atoms with van der Waals surface area (Å²) in [5.41, 5.74) is 2.34. The third-order valence-electron chi connectivity index (χ3n) is 9.34. The zero-order valence-corrected chi connectivity index (χ0v) is 17.8. The molecule has 5 rings (SSSR count). The van der Waals surface area contributed by atoms with E-state index in [0.29, 0.717) is 29.3 Å². The Morgan fingerprint density at radius 1 is 1.00 bits per heavy atom. The highest BCUT2D eigenvalue weighted by atomic mass is 16.2. The normalized spacial score (nSPS) is 36.4. The van der Waals surface area contributed by atoms with E-state index in [1.165, 1.54) is 56.9 Å². The van der Waals surface area contributed by atoms with Gasteiger partial charge in [-0.15, -0.1) is 0 Å². The Morgan fingerprint density at radius 2 is 1.56 bits per heavy atom. The zero-order valence-electron chi connectivity index (χ0n) is 17.8. The van der Waals surface area contributed by atoms with Crippen LogP contribution in [0.15, 0.2) is 30.3 Å². The molecule has 0 aliphatic heterocycles. The van der Waals surface area contributed by atoms with Crippen LogP contribution in [0.2, 0.25) is 0 Å². The average molecular weight is 369 g/mol. The summed E-state index contributed by atoms with van der Waals surface area (Å²) in [6.45, 7) is 7.80. The van der Waals surface area contributed by atoms with Gasteiger partial charge >= 0.3 is 0 Å². The van der Waals surface area contributed by atoms with E-state index in [2.05, 4.69) is 51.1 Å². The Balaban J connectivity index is 1.82. The fraction of sp³-hybridized carbons (Fsp3) is 0.769. The van der Waals surface area contributed by atoms with Crippen molar-refractivity contribution in [3.05, 3.63) is 35.9 Å². The minimum atomic E-state index is 0.321. The summed E-state index contributed by atoms with van der Waals surface area (Å²) in [5.74, 6) is 4.22. The SMILES string of the molecule is CCC(C)C(CCCO)(C(C)c1ccccc1)C12CC3CC(CC(C3)C1)C2. The van der Waals surface area contributed by atoms with E-state index in [0.717, 1.165) is 24.2 Å². The average Bonchev–Trinajstić information content (AvgIpc) is 2.67. The third kappa shape index (κ3) is 3.09. The van der Waals surface area contributed by atoms with Crippen LogP contribution < -0.4 is 0 Å². The van der Waals surface area contributed by atoms with Crippen LogP contribution in [-0.2, 0) is 0 Å². The van der Waals surface area contributed by atoms with E-state index in [1.807, 2.05) is 0 Å². The summed E-state index contributed by atoms with van der Waals surface area (Å²) in [6, 6.07) is 11.3. The Bertz CT molecular complexity index is 585. The van der Waals surface area contributed by atoms with E-state index >= 15 is 0 Å². The molecule has 0 heterocycles. The van der Waals surface area contributed by atoms with Crippen molar-refractivity contribution in [1.82, 2.24) is 0 Å². The fourth-order valence-electron chi connectivity index (χ4n) is 8.59. The molecule has 4 aliphatic rings. The van der Waals surface area contributed by atoms with Gasteiger partial charge in [0, 0.05) is 6.61 Å². The Labute approximate surface area is 167 Å². The molecule has 0 saturated heterocycles. The standard InChI is InChI=1S/C26H40O/c1-4-19(2)26(11-8-12-27,20(3)24-9-6-5-7-10-24)25-16-21-13-22(17-25)15-23(14-21)18-25/h5-7,9-10,19-23,27H,4,8,11-18H2,1-3H3. The maximum atomic E-state index is 9.82. The summed E-state index contributed by atoms with van der Waals surface area (Å²) in [6.07, 6.45) is 12.3. The van der Waals surface area contributed by atoms with Crippen LogP contribution in [0.5, 0.6) is 0 Å². The van der Waals surface area contributed by atoms with Crippen molar-refractivity contribution in [3.8, 4) is 0 Å². The van der Waals surface area contributed by atoms with Gasteiger partial charge in [0.1, 0.15) is 0 Å². The second kappa shape index (κ2) is 7.54. The molecule has 4 bridgehead atoms. The monoisotopic (exact) mass is 368 g/mol. The summed E-state index contributed by atoms with van der Waals surface area (Å²) in [7, 11) is 0. The minimum Gasteiger partial charge on any atom is -0.396 e. The van der Waals surface area contributed by atoms with Crippen molar-refractivity contribution in [2.75, 3.05) is 6.61 Å². The van der Waals surface area contributed by atoms with Gasteiger partial charge in [-0.25, -0.2) is 0 Å². The van der Waals surface area contributed by atoms with Gasteiger partial charge in [0.25, 0.3) is 0 Å². The van der Waals surface area contributed by atoms with E-state index < -0.39 is 0 Å². The molecule has 0 spiro atoms. The highest BCUT2D eigenvalue weighted by Crippen LogP contribution is 2.72. The van der Waals surface area contributed by atoms with E-state index in [4.69, 9.17) is 0 Å². The molecule has 1 aromatic rings. The topological polar surface area (TPSA) is 20.2 Å².